The number of halogens is 3. The van der Waals surface area contributed by atoms with Crippen molar-refractivity contribution in [3.63, 3.8) is 0 Å². The zero-order chi connectivity index (χ0) is 13.3. The van der Waals surface area contributed by atoms with Gasteiger partial charge in [0.1, 0.15) is 0 Å². The number of benzene rings is 1. The van der Waals surface area contributed by atoms with Crippen molar-refractivity contribution in [3.05, 3.63) is 41.9 Å². The summed E-state index contributed by atoms with van der Waals surface area (Å²) in [5.41, 5.74) is 4.98. The van der Waals surface area contributed by atoms with Crippen molar-refractivity contribution < 1.29 is 18.0 Å². The molecule has 0 radical (unpaired) electrons. The van der Waals surface area contributed by atoms with Gasteiger partial charge < -0.3 is 10.7 Å². The molecule has 0 unspecified atom stereocenters. The Kier molecular flexibility index (Phi) is 2.82. The Labute approximate surface area is 99.6 Å². The third kappa shape index (κ3) is 2.20. The number of rotatable bonds is 2. The first-order chi connectivity index (χ1) is 8.39. The van der Waals surface area contributed by atoms with Crippen molar-refractivity contribution in [3.8, 4) is 11.3 Å². The van der Waals surface area contributed by atoms with Crippen molar-refractivity contribution in [2.24, 2.45) is 5.73 Å². The van der Waals surface area contributed by atoms with Crippen molar-refractivity contribution in [1.29, 1.82) is 0 Å². The van der Waals surface area contributed by atoms with E-state index in [9.17, 15) is 18.0 Å². The van der Waals surface area contributed by atoms with Crippen LogP contribution < -0.4 is 5.73 Å². The van der Waals surface area contributed by atoms with Gasteiger partial charge in [-0.25, -0.2) is 4.98 Å². The van der Waals surface area contributed by atoms with E-state index in [1.807, 2.05) is 0 Å². The van der Waals surface area contributed by atoms with E-state index in [1.165, 1.54) is 0 Å². The molecule has 0 fully saturated rings. The summed E-state index contributed by atoms with van der Waals surface area (Å²) in [6, 6.07) is 8.08. The molecule has 0 saturated carbocycles. The Balaban J connectivity index is 2.60. The molecule has 3 N–H and O–H groups in total. The molecule has 1 aromatic heterocycles. The second kappa shape index (κ2) is 4.17. The van der Waals surface area contributed by atoms with Crippen LogP contribution >= 0.6 is 0 Å². The van der Waals surface area contributed by atoms with Gasteiger partial charge in [0.25, 0.3) is 5.91 Å². The minimum Gasteiger partial charge on any atom is -0.364 e. The molecule has 0 aliphatic heterocycles. The number of nitrogens with one attached hydrogen (secondary N) is 1. The zero-order valence-corrected chi connectivity index (χ0v) is 8.95. The topological polar surface area (TPSA) is 71.8 Å². The summed E-state index contributed by atoms with van der Waals surface area (Å²) in [7, 11) is 0. The first kappa shape index (κ1) is 12.2. The molecule has 2 rings (SSSR count). The molecule has 94 valence electrons. The molecule has 0 atom stereocenters. The van der Waals surface area contributed by atoms with E-state index in [1.54, 1.807) is 30.3 Å². The number of nitrogens with zero attached hydrogens (tertiary/aromatic N) is 1. The van der Waals surface area contributed by atoms with Crippen molar-refractivity contribution in [2.75, 3.05) is 0 Å². The van der Waals surface area contributed by atoms with Crippen LogP contribution in [0.2, 0.25) is 0 Å². The van der Waals surface area contributed by atoms with Gasteiger partial charge in [0.2, 0.25) is 5.82 Å². The Morgan fingerprint density at radius 3 is 2.33 bits per heavy atom. The summed E-state index contributed by atoms with van der Waals surface area (Å²) < 4.78 is 37.5. The molecule has 0 saturated heterocycles. The van der Waals surface area contributed by atoms with E-state index in [-0.39, 0.29) is 5.69 Å². The molecule has 18 heavy (non-hydrogen) atoms. The lowest BCUT2D eigenvalue weighted by atomic mass is 10.1. The molecule has 0 spiro atoms. The number of alkyl halides is 3. The van der Waals surface area contributed by atoms with Crippen LogP contribution in [-0.2, 0) is 6.18 Å². The molecular weight excluding hydrogens is 247 g/mol. The highest BCUT2D eigenvalue weighted by Crippen LogP contribution is 2.30. The van der Waals surface area contributed by atoms with Crippen molar-refractivity contribution >= 4 is 5.91 Å². The van der Waals surface area contributed by atoms with Gasteiger partial charge in [-0.05, 0) is 0 Å². The third-order valence-electron chi connectivity index (χ3n) is 2.27. The summed E-state index contributed by atoms with van der Waals surface area (Å²) in [4.78, 5) is 16.4. The van der Waals surface area contributed by atoms with Gasteiger partial charge in [-0.1, -0.05) is 30.3 Å². The van der Waals surface area contributed by atoms with Gasteiger partial charge in [-0.3, -0.25) is 4.79 Å². The highest BCUT2D eigenvalue weighted by atomic mass is 19.4. The molecule has 1 aromatic carbocycles. The first-order valence-electron chi connectivity index (χ1n) is 4.92. The van der Waals surface area contributed by atoms with Crippen LogP contribution in [-0.4, -0.2) is 15.9 Å². The Morgan fingerprint density at radius 2 is 1.83 bits per heavy atom. The van der Waals surface area contributed by atoms with Gasteiger partial charge in [-0.15, -0.1) is 0 Å². The SMILES string of the molecule is NC(=O)c1nc(C(F)(F)F)[nH]c1-c1ccccc1. The number of hydrogen-bond acceptors (Lipinski definition) is 2. The van der Waals surface area contributed by atoms with E-state index in [4.69, 9.17) is 5.73 Å². The van der Waals surface area contributed by atoms with E-state index < -0.39 is 23.6 Å². The smallest absolute Gasteiger partial charge is 0.364 e. The number of imidazole rings is 1. The minimum absolute atomic E-state index is 0.0320. The maximum absolute atomic E-state index is 12.5. The average molecular weight is 255 g/mol. The lowest BCUT2D eigenvalue weighted by molar-refractivity contribution is -0.144. The van der Waals surface area contributed by atoms with Gasteiger partial charge in [0, 0.05) is 5.56 Å². The number of aromatic nitrogens is 2. The Hall–Kier alpha value is -2.31. The number of H-pyrrole nitrogens is 1. The number of nitrogens with two attached hydrogens (primary N) is 1. The second-order valence-corrected chi connectivity index (χ2v) is 3.54. The predicted octanol–water partition coefficient (Wildman–Crippen LogP) is 2.19. The van der Waals surface area contributed by atoms with Crippen LogP contribution in [0.3, 0.4) is 0 Å². The highest BCUT2D eigenvalue weighted by Gasteiger charge is 2.36. The first-order valence-corrected chi connectivity index (χ1v) is 4.92. The van der Waals surface area contributed by atoms with E-state index in [0.717, 1.165) is 0 Å². The quantitative estimate of drug-likeness (QED) is 0.863. The standard InChI is InChI=1S/C11H8F3N3O/c12-11(13,14)10-16-7(8(17-10)9(15)18)6-4-2-1-3-5-6/h1-5H,(H2,15,18)(H,16,17). The predicted molar refractivity (Wildman–Crippen MR) is 57.5 cm³/mol. The lowest BCUT2D eigenvalue weighted by Crippen LogP contribution is -2.13. The van der Waals surface area contributed by atoms with Crippen LogP contribution in [0.5, 0.6) is 0 Å². The van der Waals surface area contributed by atoms with Gasteiger partial charge >= 0.3 is 6.18 Å². The number of hydrogen-bond donors (Lipinski definition) is 2. The van der Waals surface area contributed by atoms with Gasteiger partial charge in [0.05, 0.1) is 5.69 Å². The maximum atomic E-state index is 12.5. The summed E-state index contributed by atoms with van der Waals surface area (Å²) in [5, 5.41) is 0. The molecule has 2 aromatic rings. The fraction of sp³-hybridized carbons (Fsp3) is 0.0909. The van der Waals surface area contributed by atoms with E-state index >= 15 is 0 Å². The molecular formula is C11H8F3N3O. The van der Waals surface area contributed by atoms with Crippen LogP contribution in [0.1, 0.15) is 16.3 Å². The monoisotopic (exact) mass is 255 g/mol. The largest absolute Gasteiger partial charge is 0.449 e. The second-order valence-electron chi connectivity index (χ2n) is 3.54. The van der Waals surface area contributed by atoms with E-state index in [2.05, 4.69) is 9.97 Å². The molecule has 1 heterocycles. The fourth-order valence-corrected chi connectivity index (χ4v) is 1.50. The molecule has 7 heteroatoms. The number of amides is 1. The molecule has 0 bridgehead atoms. The lowest BCUT2D eigenvalue weighted by Gasteiger charge is -2.00. The summed E-state index contributed by atoms with van der Waals surface area (Å²) in [6.45, 7) is 0. The summed E-state index contributed by atoms with van der Waals surface area (Å²) in [6.07, 6.45) is -4.66. The average Bonchev–Trinajstić information content (AvgIpc) is 2.74. The van der Waals surface area contributed by atoms with E-state index in [0.29, 0.717) is 5.56 Å². The normalized spacial score (nSPS) is 11.5. The summed E-state index contributed by atoms with van der Waals surface area (Å²) >= 11 is 0. The van der Waals surface area contributed by atoms with Crippen molar-refractivity contribution in [2.45, 2.75) is 6.18 Å². The highest BCUT2D eigenvalue weighted by molar-refractivity contribution is 5.97. The van der Waals surface area contributed by atoms with Crippen LogP contribution in [0.15, 0.2) is 30.3 Å². The molecule has 1 amide bonds. The van der Waals surface area contributed by atoms with Crippen LogP contribution in [0.4, 0.5) is 13.2 Å². The number of carbonyl (C=O) groups excluding carboxylic acids is 1. The Morgan fingerprint density at radius 1 is 1.22 bits per heavy atom. The fourth-order valence-electron chi connectivity index (χ4n) is 1.50. The molecule has 0 aliphatic carbocycles. The number of primary amides is 1. The van der Waals surface area contributed by atoms with Crippen molar-refractivity contribution in [1.82, 2.24) is 9.97 Å². The maximum Gasteiger partial charge on any atom is 0.449 e. The van der Waals surface area contributed by atoms with Gasteiger partial charge in [-0.2, -0.15) is 13.2 Å². The summed E-state index contributed by atoms with van der Waals surface area (Å²) in [5.74, 6) is -2.25. The molecule has 4 nitrogen and oxygen atoms in total. The van der Waals surface area contributed by atoms with Crippen LogP contribution in [0.25, 0.3) is 11.3 Å². The number of aromatic amines is 1. The molecule has 0 aliphatic rings. The minimum atomic E-state index is -4.66. The zero-order valence-electron chi connectivity index (χ0n) is 8.95. The van der Waals surface area contributed by atoms with Crippen LogP contribution in [0, 0.1) is 0 Å². The van der Waals surface area contributed by atoms with Gasteiger partial charge in [0.15, 0.2) is 5.69 Å². The third-order valence-corrected chi connectivity index (χ3v) is 2.27. The number of carbonyl (C=O) groups is 1. The Bertz CT molecular complexity index is 575.